The molecule has 0 aliphatic heterocycles. The van der Waals surface area contributed by atoms with E-state index in [0.29, 0.717) is 0 Å². The molecule has 0 bridgehead atoms. The lowest BCUT2D eigenvalue weighted by molar-refractivity contribution is -0.305. The van der Waals surface area contributed by atoms with Crippen LogP contribution in [0, 0.1) is 0 Å². The van der Waals surface area contributed by atoms with Gasteiger partial charge in [0.2, 0.25) is 0 Å². The number of aromatic nitrogens is 1. The third kappa shape index (κ3) is 4.26. The first kappa shape index (κ1) is 16.8. The first-order valence-electron chi connectivity index (χ1n) is 8.20. The zero-order valence-electron chi connectivity index (χ0n) is 13.8. The van der Waals surface area contributed by atoms with Crippen molar-refractivity contribution in [3.63, 3.8) is 0 Å². The van der Waals surface area contributed by atoms with Crippen molar-refractivity contribution in [3.05, 3.63) is 66.4 Å². The molecule has 128 valence electrons. The van der Waals surface area contributed by atoms with E-state index < -0.39 is 5.97 Å². The second-order valence-corrected chi connectivity index (χ2v) is 5.94. The molecule has 5 nitrogen and oxygen atoms in total. The quantitative estimate of drug-likeness (QED) is 0.685. The molecule has 1 aromatic heterocycles. The van der Waals surface area contributed by atoms with Gasteiger partial charge in [0.25, 0.3) is 0 Å². The molecule has 2 aromatic carbocycles. The number of ketones is 1. The molecule has 5 heteroatoms. The van der Waals surface area contributed by atoms with Crippen molar-refractivity contribution in [2.24, 2.45) is 0 Å². The predicted octanol–water partition coefficient (Wildman–Crippen LogP) is 2.20. The van der Waals surface area contributed by atoms with E-state index in [0.717, 1.165) is 23.1 Å². The Kier molecular flexibility index (Phi) is 5.14. The van der Waals surface area contributed by atoms with Crippen LogP contribution in [-0.2, 0) is 16.1 Å². The minimum absolute atomic E-state index is 0.0159. The molecule has 0 atom stereocenters. The van der Waals surface area contributed by atoms with Gasteiger partial charge in [0.1, 0.15) is 0 Å². The summed E-state index contributed by atoms with van der Waals surface area (Å²) in [4.78, 5) is 22.2. The molecule has 0 spiro atoms. The number of carboxylic acid groups (broad SMARTS) is 1. The summed E-state index contributed by atoms with van der Waals surface area (Å²) in [6, 6.07) is 18.1. The Morgan fingerprint density at radius 2 is 1.68 bits per heavy atom. The number of hydrogen-bond donors (Lipinski definition) is 1. The summed E-state index contributed by atoms with van der Waals surface area (Å²) >= 11 is 0. The Balaban J connectivity index is 1.77. The molecular formula is C20H19N2O3-. The molecule has 3 aromatic rings. The number of nitrogens with zero attached hydrogens (tertiary/aromatic N) is 1. The monoisotopic (exact) mass is 335 g/mol. The van der Waals surface area contributed by atoms with E-state index in [9.17, 15) is 14.7 Å². The molecule has 0 fully saturated rings. The van der Waals surface area contributed by atoms with Gasteiger partial charge in [0.15, 0.2) is 5.78 Å². The third-order valence-corrected chi connectivity index (χ3v) is 4.07. The number of fused-ring (bicyclic) bond motifs is 1. The highest BCUT2D eigenvalue weighted by Crippen LogP contribution is 2.26. The third-order valence-electron chi connectivity index (χ3n) is 4.07. The maximum atomic E-state index is 11.8. The molecule has 0 saturated heterocycles. The summed E-state index contributed by atoms with van der Waals surface area (Å²) in [5.74, 6) is -1.35. The number of para-hydroxylation sites is 1. The minimum atomic E-state index is -1.20. The highest BCUT2D eigenvalue weighted by molar-refractivity contribution is 5.95. The Hall–Kier alpha value is -3.08. The summed E-state index contributed by atoms with van der Waals surface area (Å²) in [5.41, 5.74) is 3.14. The summed E-state index contributed by atoms with van der Waals surface area (Å²) in [6.45, 7) is 0.842. The summed E-state index contributed by atoms with van der Waals surface area (Å²) in [7, 11) is 0. The van der Waals surface area contributed by atoms with Gasteiger partial charge in [-0.1, -0.05) is 48.5 Å². The Morgan fingerprint density at radius 3 is 2.44 bits per heavy atom. The van der Waals surface area contributed by atoms with E-state index in [1.165, 1.54) is 5.56 Å². The molecular weight excluding hydrogens is 316 g/mol. The van der Waals surface area contributed by atoms with E-state index in [4.69, 9.17) is 0 Å². The molecule has 1 N–H and O–H groups in total. The molecule has 1 heterocycles. The fourth-order valence-corrected chi connectivity index (χ4v) is 2.82. The van der Waals surface area contributed by atoms with Crippen molar-refractivity contribution in [1.29, 1.82) is 0 Å². The number of hydrogen-bond acceptors (Lipinski definition) is 4. The van der Waals surface area contributed by atoms with E-state index in [2.05, 4.69) is 22.0 Å². The van der Waals surface area contributed by atoms with Crippen LogP contribution in [-0.4, -0.2) is 22.9 Å². The smallest absolute Gasteiger partial charge is 0.152 e. The highest BCUT2D eigenvalue weighted by atomic mass is 16.4. The number of aliphatic carboxylic acids is 1. The van der Waals surface area contributed by atoms with E-state index in [1.54, 1.807) is 0 Å². The molecule has 25 heavy (non-hydrogen) atoms. The number of anilines is 1. The Labute approximate surface area is 145 Å². The SMILES string of the molecule is O=C([O-])CCC(=O)CNc1cn(Cc2ccccc2)c2ccccc12. The fraction of sp³-hybridized carbons (Fsp3) is 0.200. The lowest BCUT2D eigenvalue weighted by Gasteiger charge is -2.05. The van der Waals surface area contributed by atoms with Gasteiger partial charge in [-0.2, -0.15) is 0 Å². The topological polar surface area (TPSA) is 74.2 Å². The molecule has 0 aliphatic rings. The lowest BCUT2D eigenvalue weighted by atomic mass is 10.2. The van der Waals surface area contributed by atoms with Crippen LogP contribution in [0.4, 0.5) is 5.69 Å². The van der Waals surface area contributed by atoms with Gasteiger partial charge in [-0.15, -0.1) is 0 Å². The minimum Gasteiger partial charge on any atom is -0.550 e. The van der Waals surface area contributed by atoms with Crippen molar-refractivity contribution in [1.82, 2.24) is 4.57 Å². The fourth-order valence-electron chi connectivity index (χ4n) is 2.82. The van der Waals surface area contributed by atoms with E-state index in [-0.39, 0.29) is 25.2 Å². The van der Waals surface area contributed by atoms with Crippen molar-refractivity contribution < 1.29 is 14.7 Å². The van der Waals surface area contributed by atoms with Crippen molar-refractivity contribution in [2.75, 3.05) is 11.9 Å². The van der Waals surface area contributed by atoms with Crippen molar-refractivity contribution in [3.8, 4) is 0 Å². The second-order valence-electron chi connectivity index (χ2n) is 5.94. The van der Waals surface area contributed by atoms with Gasteiger partial charge >= 0.3 is 0 Å². The highest BCUT2D eigenvalue weighted by Gasteiger charge is 2.10. The lowest BCUT2D eigenvalue weighted by Crippen LogP contribution is -2.24. The number of carboxylic acids is 1. The first-order valence-corrected chi connectivity index (χ1v) is 8.20. The van der Waals surface area contributed by atoms with Gasteiger partial charge in [0, 0.05) is 30.5 Å². The van der Waals surface area contributed by atoms with Gasteiger partial charge in [-0.25, -0.2) is 0 Å². The van der Waals surface area contributed by atoms with Crippen LogP contribution in [0.5, 0.6) is 0 Å². The van der Waals surface area contributed by atoms with E-state index in [1.807, 2.05) is 48.7 Å². The van der Waals surface area contributed by atoms with Gasteiger partial charge in [-0.3, -0.25) is 4.79 Å². The number of carbonyl (C=O) groups excluding carboxylic acids is 2. The number of Topliss-reactive ketones (excluding diaryl/α,β-unsaturated/α-hetero) is 1. The van der Waals surface area contributed by atoms with Gasteiger partial charge in [-0.05, 0) is 18.1 Å². The molecule has 0 saturated carbocycles. The summed E-state index contributed by atoms with van der Waals surface area (Å²) in [5, 5.41) is 14.6. The van der Waals surface area contributed by atoms with Crippen LogP contribution in [0.2, 0.25) is 0 Å². The normalized spacial score (nSPS) is 10.7. The molecule has 0 aliphatic carbocycles. The average Bonchev–Trinajstić information content (AvgIpc) is 2.97. The van der Waals surface area contributed by atoms with Crippen LogP contribution in [0.1, 0.15) is 18.4 Å². The van der Waals surface area contributed by atoms with Gasteiger partial charge < -0.3 is 19.8 Å². The number of nitrogens with one attached hydrogen (secondary N) is 1. The zero-order chi connectivity index (χ0) is 17.6. The standard InChI is InChI=1S/C20H20N2O3/c23-16(10-11-20(24)25)12-21-18-14-22(13-15-6-2-1-3-7-15)19-9-5-4-8-17(18)19/h1-9,14,21H,10-13H2,(H,24,25)/p-1. The maximum Gasteiger partial charge on any atom is 0.152 e. The molecule has 0 radical (unpaired) electrons. The van der Waals surface area contributed by atoms with Crippen molar-refractivity contribution >= 4 is 28.3 Å². The Morgan fingerprint density at radius 1 is 0.960 bits per heavy atom. The average molecular weight is 335 g/mol. The molecule has 3 rings (SSSR count). The number of benzene rings is 2. The zero-order valence-corrected chi connectivity index (χ0v) is 13.8. The number of rotatable bonds is 8. The number of carbonyl (C=O) groups is 2. The predicted molar refractivity (Wildman–Crippen MR) is 95.2 cm³/mol. The second kappa shape index (κ2) is 7.66. The Bertz CT molecular complexity index is 884. The summed E-state index contributed by atoms with van der Waals surface area (Å²) in [6.07, 6.45) is 1.73. The summed E-state index contributed by atoms with van der Waals surface area (Å²) < 4.78 is 2.14. The van der Waals surface area contributed by atoms with Crippen LogP contribution in [0.15, 0.2) is 60.8 Å². The molecule has 0 unspecified atom stereocenters. The van der Waals surface area contributed by atoms with Crippen LogP contribution >= 0.6 is 0 Å². The largest absolute Gasteiger partial charge is 0.550 e. The molecule has 0 amide bonds. The van der Waals surface area contributed by atoms with Crippen LogP contribution < -0.4 is 10.4 Å². The van der Waals surface area contributed by atoms with Crippen LogP contribution in [0.25, 0.3) is 10.9 Å². The first-order chi connectivity index (χ1) is 12.1. The van der Waals surface area contributed by atoms with Crippen LogP contribution in [0.3, 0.4) is 0 Å². The van der Waals surface area contributed by atoms with Crippen molar-refractivity contribution in [2.45, 2.75) is 19.4 Å². The maximum absolute atomic E-state index is 11.8. The van der Waals surface area contributed by atoms with Gasteiger partial charge in [0.05, 0.1) is 17.7 Å². The van der Waals surface area contributed by atoms with E-state index >= 15 is 0 Å².